The van der Waals surface area contributed by atoms with Gasteiger partial charge in [0.15, 0.2) is 0 Å². The normalized spacial score (nSPS) is 7.56. The summed E-state index contributed by atoms with van der Waals surface area (Å²) in [6.45, 7) is 0. The number of hydrogen-bond acceptors (Lipinski definition) is 1. The molecule has 0 aliphatic carbocycles. The summed E-state index contributed by atoms with van der Waals surface area (Å²) in [4.78, 5) is 9.85. The van der Waals surface area contributed by atoms with E-state index in [1.165, 1.54) is 0 Å². The fourth-order valence-corrected chi connectivity index (χ4v) is 0.457. The van der Waals surface area contributed by atoms with Crippen LogP contribution in [0.3, 0.4) is 0 Å². The number of hydrogen-bond donors (Lipinski definition) is 0. The van der Waals surface area contributed by atoms with E-state index in [-0.39, 0.29) is 22.4 Å². The second-order valence-corrected chi connectivity index (χ2v) is 1.38. The zero-order valence-electron chi connectivity index (χ0n) is 4.66. The van der Waals surface area contributed by atoms with Gasteiger partial charge in [-0.25, -0.2) is 0 Å². The second kappa shape index (κ2) is 4.50. The zero-order chi connectivity index (χ0) is 5.82. The molecule has 1 nitrogen and oxygen atoms in total. The molecule has 0 heterocycles. The molecular formula is C7H4NbO. The molecule has 0 unspecified atom stereocenters. The van der Waals surface area contributed by atoms with Gasteiger partial charge in [-0.1, -0.05) is 0 Å². The Kier molecular flexibility index (Phi) is 4.32. The number of rotatable bonds is 1. The number of carbonyl (C=O) groups excluding carboxylic acids is 1. The molecule has 0 saturated carbocycles. The second-order valence-electron chi connectivity index (χ2n) is 1.38. The molecule has 0 amide bonds. The van der Waals surface area contributed by atoms with Crippen LogP contribution >= 0.6 is 0 Å². The van der Waals surface area contributed by atoms with Crippen molar-refractivity contribution in [1.29, 1.82) is 0 Å². The molecule has 0 N–H and O–H groups in total. The van der Waals surface area contributed by atoms with Crippen molar-refractivity contribution in [2.75, 3.05) is 0 Å². The molecule has 1 aromatic rings. The van der Waals surface area contributed by atoms with Gasteiger partial charge in [-0.05, 0) is 0 Å². The Labute approximate surface area is 69.6 Å². The van der Waals surface area contributed by atoms with Crippen LogP contribution in [0.4, 0.5) is 0 Å². The van der Waals surface area contributed by atoms with Gasteiger partial charge in [-0.15, -0.1) is 12.4 Å². The van der Waals surface area contributed by atoms with Crippen LogP contribution in [0.15, 0.2) is 24.3 Å². The SMILES string of the molecule is O=[C-]c1[c-]cccc1.[Nb+2]. The molecule has 0 bridgehead atoms. The number of benzene rings is 1. The topological polar surface area (TPSA) is 17.1 Å². The van der Waals surface area contributed by atoms with Crippen molar-refractivity contribution < 1.29 is 27.2 Å². The Morgan fingerprint density at radius 2 is 2.22 bits per heavy atom. The summed E-state index contributed by atoms with van der Waals surface area (Å²) in [6.07, 6.45) is 1.72. The van der Waals surface area contributed by atoms with E-state index in [1.54, 1.807) is 30.6 Å². The Hall–Kier alpha value is -0.370. The van der Waals surface area contributed by atoms with Gasteiger partial charge in [-0.2, -0.15) is 12.1 Å². The minimum Gasteiger partial charge on any atom is -0.462 e. The third kappa shape index (κ3) is 2.61. The first-order chi connectivity index (χ1) is 3.93. The molecule has 1 aromatic carbocycles. The Morgan fingerprint density at radius 1 is 1.44 bits per heavy atom. The molecule has 0 saturated heterocycles. The molecule has 43 valence electrons. The average molecular weight is 197 g/mol. The minimum atomic E-state index is 0. The molecule has 2 heteroatoms. The maximum Gasteiger partial charge on any atom is 2.00 e. The summed E-state index contributed by atoms with van der Waals surface area (Å²) >= 11 is 0. The van der Waals surface area contributed by atoms with Crippen molar-refractivity contribution >= 4 is 6.29 Å². The third-order valence-corrected chi connectivity index (χ3v) is 0.819. The van der Waals surface area contributed by atoms with Gasteiger partial charge in [0.25, 0.3) is 0 Å². The van der Waals surface area contributed by atoms with E-state index in [4.69, 9.17) is 0 Å². The quantitative estimate of drug-likeness (QED) is 0.483. The van der Waals surface area contributed by atoms with Crippen molar-refractivity contribution in [3.63, 3.8) is 0 Å². The molecular weight excluding hydrogens is 193 g/mol. The van der Waals surface area contributed by atoms with E-state index in [0.717, 1.165) is 0 Å². The van der Waals surface area contributed by atoms with Gasteiger partial charge in [0.1, 0.15) is 0 Å². The van der Waals surface area contributed by atoms with E-state index in [1.807, 2.05) is 0 Å². The van der Waals surface area contributed by atoms with Crippen LogP contribution in [0.5, 0.6) is 0 Å². The summed E-state index contributed by atoms with van der Waals surface area (Å²) in [7, 11) is 0. The summed E-state index contributed by atoms with van der Waals surface area (Å²) in [5.41, 5.74) is 0.479. The van der Waals surface area contributed by atoms with Gasteiger partial charge in [0.05, 0.1) is 0 Å². The summed E-state index contributed by atoms with van der Waals surface area (Å²) in [5, 5.41) is 0. The van der Waals surface area contributed by atoms with Gasteiger partial charge in [-0.3, -0.25) is 6.07 Å². The molecule has 1 rings (SSSR count). The van der Waals surface area contributed by atoms with E-state index >= 15 is 0 Å². The van der Waals surface area contributed by atoms with Crippen LogP contribution in [-0.4, -0.2) is 6.29 Å². The van der Waals surface area contributed by atoms with E-state index in [0.29, 0.717) is 5.56 Å². The van der Waals surface area contributed by atoms with Crippen molar-refractivity contribution in [1.82, 2.24) is 0 Å². The Morgan fingerprint density at radius 3 is 2.56 bits per heavy atom. The van der Waals surface area contributed by atoms with E-state index in [9.17, 15) is 4.79 Å². The maximum absolute atomic E-state index is 9.85. The Bertz CT molecular complexity index is 172. The van der Waals surface area contributed by atoms with Crippen LogP contribution < -0.4 is 0 Å². The molecule has 0 atom stereocenters. The van der Waals surface area contributed by atoms with Crippen molar-refractivity contribution in [2.24, 2.45) is 0 Å². The largest absolute Gasteiger partial charge is 2.00 e. The third-order valence-electron chi connectivity index (χ3n) is 0.819. The predicted molar refractivity (Wildman–Crippen MR) is 30.1 cm³/mol. The van der Waals surface area contributed by atoms with E-state index < -0.39 is 0 Å². The first-order valence-corrected chi connectivity index (χ1v) is 2.28. The van der Waals surface area contributed by atoms with Crippen molar-refractivity contribution in [2.45, 2.75) is 0 Å². The van der Waals surface area contributed by atoms with Crippen LogP contribution in [0.25, 0.3) is 0 Å². The first kappa shape index (κ1) is 8.63. The maximum atomic E-state index is 9.85. The van der Waals surface area contributed by atoms with E-state index in [2.05, 4.69) is 6.07 Å². The monoisotopic (exact) mass is 197 g/mol. The van der Waals surface area contributed by atoms with Crippen molar-refractivity contribution in [3.05, 3.63) is 35.9 Å². The molecule has 0 fully saturated rings. The average Bonchev–Trinajstić information content (AvgIpc) is 1.90. The van der Waals surface area contributed by atoms with Crippen molar-refractivity contribution in [3.8, 4) is 0 Å². The Balaban J connectivity index is 0.000000640. The minimum absolute atomic E-state index is 0. The molecule has 0 aliphatic heterocycles. The zero-order valence-corrected chi connectivity index (χ0v) is 6.86. The first-order valence-electron chi connectivity index (χ1n) is 2.28. The van der Waals surface area contributed by atoms with Gasteiger partial charge >= 0.3 is 22.4 Å². The van der Waals surface area contributed by atoms with Crippen LogP contribution in [-0.2, 0) is 27.2 Å². The summed E-state index contributed by atoms with van der Waals surface area (Å²) < 4.78 is 0. The summed E-state index contributed by atoms with van der Waals surface area (Å²) in [6, 6.07) is 9.62. The molecule has 9 heavy (non-hydrogen) atoms. The fraction of sp³-hybridized carbons (Fsp3) is 0. The molecule has 0 aliphatic rings. The predicted octanol–water partition coefficient (Wildman–Crippen LogP) is 0.942. The molecule has 0 spiro atoms. The smallest absolute Gasteiger partial charge is 0.462 e. The molecule has 0 aromatic heterocycles. The van der Waals surface area contributed by atoms with Gasteiger partial charge in [0, 0.05) is 0 Å². The standard InChI is InChI=1S/C7H4O.Nb/c8-6-7-4-2-1-3-5-7;/h1-4H;/q-2;+2. The van der Waals surface area contributed by atoms with Crippen LogP contribution in [0.2, 0.25) is 0 Å². The summed E-state index contributed by atoms with van der Waals surface area (Å²) in [5.74, 6) is 0. The van der Waals surface area contributed by atoms with Crippen LogP contribution in [0, 0.1) is 6.07 Å². The van der Waals surface area contributed by atoms with Gasteiger partial charge in [0.2, 0.25) is 0 Å². The fourth-order valence-electron chi connectivity index (χ4n) is 0.457. The van der Waals surface area contributed by atoms with Crippen LogP contribution in [0.1, 0.15) is 5.56 Å². The van der Waals surface area contributed by atoms with Gasteiger partial charge < -0.3 is 16.4 Å². The molecule has 1 radical (unpaired) electrons.